The van der Waals surface area contributed by atoms with Crippen molar-refractivity contribution >= 4 is 80.4 Å². The number of nitrogens with zero attached hydrogens (tertiary/aromatic N) is 1. The van der Waals surface area contributed by atoms with Gasteiger partial charge in [-0.1, -0.05) is 58.0 Å². The number of carbonyl (C=O) groups excluding carboxylic acids is 1. The standard InChI is InChI=1S/C18H10Cl5FN2O2S/c1-7-16(8-2-4-9(24)5-3-8)26-18(29-7)25-10(27)6-28-17-14(22)12(20)11(19)13(21)15(17)23/h2-5H,6H2,1H3,(H,25,26,27). The average molecular weight is 515 g/mol. The van der Waals surface area contributed by atoms with Crippen molar-refractivity contribution in [1.82, 2.24) is 4.98 Å². The Morgan fingerprint density at radius 3 is 2.17 bits per heavy atom. The van der Waals surface area contributed by atoms with Crippen molar-refractivity contribution in [2.24, 2.45) is 0 Å². The molecule has 1 aromatic heterocycles. The van der Waals surface area contributed by atoms with E-state index in [1.54, 1.807) is 12.1 Å². The van der Waals surface area contributed by atoms with Crippen LogP contribution >= 0.6 is 69.3 Å². The molecule has 152 valence electrons. The van der Waals surface area contributed by atoms with Crippen molar-refractivity contribution in [2.45, 2.75) is 6.92 Å². The van der Waals surface area contributed by atoms with Gasteiger partial charge in [0.1, 0.15) is 15.9 Å². The van der Waals surface area contributed by atoms with Gasteiger partial charge in [0.05, 0.1) is 20.8 Å². The Morgan fingerprint density at radius 2 is 1.59 bits per heavy atom. The average Bonchev–Trinajstić information content (AvgIpc) is 3.05. The number of benzene rings is 2. The van der Waals surface area contributed by atoms with Gasteiger partial charge in [-0.05, 0) is 31.2 Å². The first-order valence-electron chi connectivity index (χ1n) is 7.86. The fraction of sp³-hybridized carbons (Fsp3) is 0.111. The molecule has 3 rings (SSSR count). The van der Waals surface area contributed by atoms with E-state index >= 15 is 0 Å². The van der Waals surface area contributed by atoms with E-state index in [-0.39, 0.29) is 36.7 Å². The minimum Gasteiger partial charge on any atom is -0.481 e. The van der Waals surface area contributed by atoms with Gasteiger partial charge in [0.15, 0.2) is 17.5 Å². The van der Waals surface area contributed by atoms with E-state index in [4.69, 9.17) is 62.7 Å². The second-order valence-corrected chi connectivity index (χ2v) is 8.76. The first kappa shape index (κ1) is 22.4. The number of nitrogens with one attached hydrogen (secondary N) is 1. The van der Waals surface area contributed by atoms with Crippen LogP contribution in [0, 0.1) is 12.7 Å². The number of rotatable bonds is 5. The molecule has 11 heteroatoms. The van der Waals surface area contributed by atoms with Crippen LogP contribution in [0.25, 0.3) is 11.3 Å². The van der Waals surface area contributed by atoms with Crippen molar-refractivity contribution < 1.29 is 13.9 Å². The van der Waals surface area contributed by atoms with Crippen LogP contribution in [0.5, 0.6) is 5.75 Å². The van der Waals surface area contributed by atoms with Gasteiger partial charge in [0, 0.05) is 10.4 Å². The zero-order chi connectivity index (χ0) is 21.3. The third kappa shape index (κ3) is 4.90. The molecule has 0 saturated carbocycles. The molecule has 0 atom stereocenters. The van der Waals surface area contributed by atoms with Crippen LogP contribution in [-0.2, 0) is 4.79 Å². The number of halogens is 6. The molecular formula is C18H10Cl5FN2O2S. The summed E-state index contributed by atoms with van der Waals surface area (Å²) in [6.45, 7) is 1.43. The summed E-state index contributed by atoms with van der Waals surface area (Å²) in [5, 5.41) is 2.81. The molecule has 1 heterocycles. The van der Waals surface area contributed by atoms with Crippen molar-refractivity contribution in [3.8, 4) is 17.0 Å². The number of hydrogen-bond acceptors (Lipinski definition) is 4. The Balaban J connectivity index is 1.71. The summed E-state index contributed by atoms with van der Waals surface area (Å²) in [6.07, 6.45) is 0. The number of ether oxygens (including phenoxy) is 1. The second-order valence-electron chi connectivity index (χ2n) is 5.67. The number of carbonyl (C=O) groups is 1. The highest BCUT2D eigenvalue weighted by atomic mass is 35.5. The molecular weight excluding hydrogens is 505 g/mol. The highest BCUT2D eigenvalue weighted by molar-refractivity contribution is 7.16. The number of thiazole rings is 1. The number of anilines is 1. The number of amides is 1. The summed E-state index contributed by atoms with van der Waals surface area (Å²) in [5.41, 5.74) is 1.38. The summed E-state index contributed by atoms with van der Waals surface area (Å²) in [6, 6.07) is 5.92. The molecule has 0 spiro atoms. The van der Waals surface area contributed by atoms with Crippen LogP contribution in [0.3, 0.4) is 0 Å². The van der Waals surface area contributed by atoms with E-state index in [1.165, 1.54) is 23.5 Å². The molecule has 0 saturated heterocycles. The molecule has 0 aliphatic carbocycles. The second kappa shape index (κ2) is 9.25. The van der Waals surface area contributed by atoms with E-state index in [2.05, 4.69) is 10.3 Å². The molecule has 4 nitrogen and oxygen atoms in total. The molecule has 0 fully saturated rings. The normalized spacial score (nSPS) is 10.9. The third-order valence-corrected chi connectivity index (χ3v) is 6.81. The quantitative estimate of drug-likeness (QED) is 0.283. The van der Waals surface area contributed by atoms with Crippen LogP contribution in [0.4, 0.5) is 9.52 Å². The first-order chi connectivity index (χ1) is 13.7. The van der Waals surface area contributed by atoms with Gasteiger partial charge in [-0.15, -0.1) is 11.3 Å². The Labute approximate surface area is 194 Å². The van der Waals surface area contributed by atoms with E-state index in [0.717, 1.165) is 10.4 Å². The summed E-state index contributed by atoms with van der Waals surface area (Å²) in [5.74, 6) is -0.893. The monoisotopic (exact) mass is 512 g/mol. The molecule has 1 amide bonds. The molecule has 1 N–H and O–H groups in total. The maximum atomic E-state index is 13.1. The van der Waals surface area contributed by atoms with Gasteiger partial charge >= 0.3 is 0 Å². The zero-order valence-corrected chi connectivity index (χ0v) is 19.1. The van der Waals surface area contributed by atoms with Crippen molar-refractivity contribution in [3.05, 3.63) is 60.1 Å². The Bertz CT molecular complexity index is 1060. The summed E-state index contributed by atoms with van der Waals surface area (Å²) in [7, 11) is 0. The highest BCUT2D eigenvalue weighted by Crippen LogP contribution is 2.48. The lowest BCUT2D eigenvalue weighted by atomic mass is 10.1. The minimum absolute atomic E-state index is 0.00767. The summed E-state index contributed by atoms with van der Waals surface area (Å²) < 4.78 is 18.5. The lowest BCUT2D eigenvalue weighted by Crippen LogP contribution is -2.20. The van der Waals surface area contributed by atoms with Gasteiger partial charge in [-0.25, -0.2) is 9.37 Å². The Morgan fingerprint density at radius 1 is 1.03 bits per heavy atom. The lowest BCUT2D eigenvalue weighted by molar-refractivity contribution is -0.118. The first-order valence-corrected chi connectivity index (χ1v) is 10.6. The Hall–Kier alpha value is -1.28. The lowest BCUT2D eigenvalue weighted by Gasteiger charge is -2.13. The molecule has 0 aliphatic heterocycles. The van der Waals surface area contributed by atoms with Crippen molar-refractivity contribution in [2.75, 3.05) is 11.9 Å². The SMILES string of the molecule is Cc1sc(NC(=O)COc2c(Cl)c(Cl)c(Cl)c(Cl)c2Cl)nc1-c1ccc(F)cc1. The maximum absolute atomic E-state index is 13.1. The van der Waals surface area contributed by atoms with Gasteiger partial charge in [0.25, 0.3) is 5.91 Å². The van der Waals surface area contributed by atoms with Gasteiger partial charge in [0.2, 0.25) is 0 Å². The molecule has 0 bridgehead atoms. The summed E-state index contributed by atoms with van der Waals surface area (Å²) >= 11 is 31.3. The molecule has 0 aliphatic rings. The van der Waals surface area contributed by atoms with Crippen LogP contribution in [0.1, 0.15) is 4.88 Å². The van der Waals surface area contributed by atoms with Crippen molar-refractivity contribution in [1.29, 1.82) is 0 Å². The fourth-order valence-corrected chi connectivity index (χ4v) is 4.41. The topological polar surface area (TPSA) is 51.2 Å². The van der Waals surface area contributed by atoms with Gasteiger partial charge < -0.3 is 4.74 Å². The van der Waals surface area contributed by atoms with Crippen LogP contribution in [-0.4, -0.2) is 17.5 Å². The van der Waals surface area contributed by atoms with Crippen LogP contribution < -0.4 is 10.1 Å². The molecule has 0 radical (unpaired) electrons. The largest absolute Gasteiger partial charge is 0.481 e. The van der Waals surface area contributed by atoms with E-state index in [9.17, 15) is 9.18 Å². The van der Waals surface area contributed by atoms with E-state index < -0.39 is 12.5 Å². The number of hydrogen-bond donors (Lipinski definition) is 1. The smallest absolute Gasteiger partial charge is 0.264 e. The fourth-order valence-electron chi connectivity index (χ4n) is 2.33. The van der Waals surface area contributed by atoms with Crippen molar-refractivity contribution in [3.63, 3.8) is 0 Å². The maximum Gasteiger partial charge on any atom is 0.264 e. The Kier molecular flexibility index (Phi) is 7.14. The van der Waals surface area contributed by atoms with Gasteiger partial charge in [-0.3, -0.25) is 10.1 Å². The van der Waals surface area contributed by atoms with Crippen LogP contribution in [0.15, 0.2) is 24.3 Å². The molecule has 29 heavy (non-hydrogen) atoms. The predicted molar refractivity (Wildman–Crippen MR) is 118 cm³/mol. The predicted octanol–water partition coefficient (Wildman–Crippen LogP) is 7.54. The van der Waals surface area contributed by atoms with Crippen LogP contribution in [0.2, 0.25) is 25.1 Å². The highest BCUT2D eigenvalue weighted by Gasteiger charge is 2.21. The molecule has 0 unspecified atom stereocenters. The minimum atomic E-state index is -0.501. The van der Waals surface area contributed by atoms with E-state index in [1.807, 2.05) is 6.92 Å². The zero-order valence-electron chi connectivity index (χ0n) is 14.5. The summed E-state index contributed by atoms with van der Waals surface area (Å²) in [4.78, 5) is 17.5. The van der Waals surface area contributed by atoms with Gasteiger partial charge in [-0.2, -0.15) is 0 Å². The molecule has 3 aromatic rings. The van der Waals surface area contributed by atoms with E-state index in [0.29, 0.717) is 10.8 Å². The number of aromatic nitrogens is 1. The molecule has 2 aromatic carbocycles. The third-order valence-electron chi connectivity index (χ3n) is 3.68. The number of aryl methyl sites for hydroxylation is 1.